The number of ether oxygens (including phenoxy) is 1. The van der Waals surface area contributed by atoms with Crippen LogP contribution in [0.5, 0.6) is 5.75 Å². The van der Waals surface area contributed by atoms with E-state index in [1.807, 2.05) is 24.3 Å². The lowest BCUT2D eigenvalue weighted by molar-refractivity contribution is 0.0298. The van der Waals surface area contributed by atoms with Crippen LogP contribution in [0.15, 0.2) is 24.3 Å². The molecule has 0 fully saturated rings. The molecule has 1 atom stereocenters. The monoisotopic (exact) mass is 249 g/mol. The average Bonchev–Trinajstić information content (AvgIpc) is 2.39. The van der Waals surface area contributed by atoms with Gasteiger partial charge < -0.3 is 4.74 Å². The van der Waals surface area contributed by atoms with Gasteiger partial charge in [-0.1, -0.05) is 20.8 Å². The van der Waals surface area contributed by atoms with E-state index in [0.717, 1.165) is 30.8 Å². The summed E-state index contributed by atoms with van der Waals surface area (Å²) >= 11 is 0. The Morgan fingerprint density at radius 2 is 1.72 bits per heavy atom. The first-order valence-electron chi connectivity index (χ1n) is 6.64. The third-order valence-electron chi connectivity index (χ3n) is 3.10. The summed E-state index contributed by atoms with van der Waals surface area (Å²) in [5.74, 6) is 0.899. The van der Waals surface area contributed by atoms with Crippen molar-refractivity contribution in [2.24, 2.45) is 0 Å². The van der Waals surface area contributed by atoms with Crippen molar-refractivity contribution >= 4 is 5.78 Å². The molecule has 0 saturated heterocycles. The largest absolute Gasteiger partial charge is 0.475 e. The number of Topliss-reactive ketones (excluding diaryl/α,β-unsaturated/α-hetero) is 1. The first kappa shape index (κ1) is 14.7. The molecule has 1 aromatic rings. The van der Waals surface area contributed by atoms with Crippen LogP contribution < -0.4 is 4.74 Å². The summed E-state index contributed by atoms with van der Waals surface area (Å²) in [6, 6.07) is 7.35. The summed E-state index contributed by atoms with van der Waals surface area (Å²) in [6.07, 6.45) is 1.04. The molecule has 3 nitrogen and oxygen atoms in total. The predicted molar refractivity (Wildman–Crippen MR) is 74.1 cm³/mol. The van der Waals surface area contributed by atoms with Crippen LogP contribution in [-0.4, -0.2) is 30.0 Å². The van der Waals surface area contributed by atoms with Crippen molar-refractivity contribution in [1.82, 2.24) is 4.90 Å². The Morgan fingerprint density at radius 3 is 2.11 bits per heavy atom. The fraction of sp³-hybridized carbons (Fsp3) is 0.533. The van der Waals surface area contributed by atoms with Gasteiger partial charge in [0.15, 0.2) is 12.0 Å². The van der Waals surface area contributed by atoms with Gasteiger partial charge in [-0.3, -0.25) is 9.69 Å². The van der Waals surface area contributed by atoms with Gasteiger partial charge in [0, 0.05) is 5.56 Å². The highest BCUT2D eigenvalue weighted by molar-refractivity contribution is 5.94. The van der Waals surface area contributed by atoms with Crippen LogP contribution in [0.25, 0.3) is 0 Å². The number of hydrogen-bond acceptors (Lipinski definition) is 3. The molecule has 0 radical (unpaired) electrons. The van der Waals surface area contributed by atoms with Crippen molar-refractivity contribution in [2.75, 3.05) is 13.1 Å². The van der Waals surface area contributed by atoms with Gasteiger partial charge in [-0.05, 0) is 50.7 Å². The second kappa shape index (κ2) is 7.17. The van der Waals surface area contributed by atoms with Gasteiger partial charge in [-0.2, -0.15) is 0 Å². The third kappa shape index (κ3) is 3.84. The van der Waals surface area contributed by atoms with Gasteiger partial charge in [0.25, 0.3) is 0 Å². The minimum Gasteiger partial charge on any atom is -0.475 e. The molecular weight excluding hydrogens is 226 g/mol. The third-order valence-corrected chi connectivity index (χ3v) is 3.10. The van der Waals surface area contributed by atoms with E-state index in [1.165, 1.54) is 0 Å². The number of ketones is 1. The Morgan fingerprint density at radius 1 is 1.17 bits per heavy atom. The van der Waals surface area contributed by atoms with Crippen molar-refractivity contribution in [1.29, 1.82) is 0 Å². The number of carbonyl (C=O) groups excluding carboxylic acids is 1. The summed E-state index contributed by atoms with van der Waals surface area (Å²) in [6.45, 7) is 9.90. The van der Waals surface area contributed by atoms with Crippen LogP contribution >= 0.6 is 0 Å². The van der Waals surface area contributed by atoms with Crippen molar-refractivity contribution in [3.05, 3.63) is 29.8 Å². The molecule has 0 heterocycles. The summed E-state index contributed by atoms with van der Waals surface area (Å²) in [5.41, 5.74) is 0.721. The lowest BCUT2D eigenvalue weighted by atomic mass is 10.1. The van der Waals surface area contributed by atoms with Crippen molar-refractivity contribution in [3.63, 3.8) is 0 Å². The molecule has 0 bridgehead atoms. The first-order chi connectivity index (χ1) is 8.62. The molecule has 0 N–H and O–H groups in total. The number of benzene rings is 1. The van der Waals surface area contributed by atoms with Gasteiger partial charge in [0.05, 0.1) is 0 Å². The molecular formula is C15H23NO2. The van der Waals surface area contributed by atoms with E-state index in [2.05, 4.69) is 25.7 Å². The Hall–Kier alpha value is -1.35. The van der Waals surface area contributed by atoms with Crippen LogP contribution in [0, 0.1) is 0 Å². The molecule has 18 heavy (non-hydrogen) atoms. The summed E-state index contributed by atoms with van der Waals surface area (Å²) in [4.78, 5) is 13.5. The van der Waals surface area contributed by atoms with E-state index in [9.17, 15) is 4.79 Å². The van der Waals surface area contributed by atoms with Crippen molar-refractivity contribution in [2.45, 2.75) is 40.3 Å². The Kier molecular flexibility index (Phi) is 5.86. The minimum absolute atomic E-state index is 0.0809. The van der Waals surface area contributed by atoms with Crippen molar-refractivity contribution in [3.8, 4) is 5.75 Å². The zero-order chi connectivity index (χ0) is 13.5. The minimum atomic E-state index is 0.0809. The molecule has 0 aliphatic carbocycles. The maximum absolute atomic E-state index is 11.2. The number of rotatable bonds is 7. The molecule has 0 saturated carbocycles. The molecule has 1 rings (SSSR count). The van der Waals surface area contributed by atoms with E-state index in [4.69, 9.17) is 4.74 Å². The standard InChI is InChI=1S/C15H23NO2/c1-5-15(16(6-2)7-3)18-14-10-8-13(9-11-14)12(4)17/h8-11,15H,5-7H2,1-4H3. The highest BCUT2D eigenvalue weighted by Gasteiger charge is 2.14. The smallest absolute Gasteiger partial charge is 0.159 e. The van der Waals surface area contributed by atoms with Crippen LogP contribution in [0.4, 0.5) is 0 Å². The molecule has 0 aromatic heterocycles. The zero-order valence-electron chi connectivity index (χ0n) is 11.8. The van der Waals surface area contributed by atoms with E-state index >= 15 is 0 Å². The molecule has 1 aromatic carbocycles. The van der Waals surface area contributed by atoms with E-state index < -0.39 is 0 Å². The van der Waals surface area contributed by atoms with Crippen molar-refractivity contribution < 1.29 is 9.53 Å². The lowest BCUT2D eigenvalue weighted by Gasteiger charge is -2.29. The quantitative estimate of drug-likeness (QED) is 0.548. The van der Waals surface area contributed by atoms with Gasteiger partial charge in [-0.25, -0.2) is 0 Å². The zero-order valence-corrected chi connectivity index (χ0v) is 11.8. The van der Waals surface area contributed by atoms with E-state index in [0.29, 0.717) is 0 Å². The molecule has 0 aliphatic rings. The van der Waals surface area contributed by atoms with Gasteiger partial charge >= 0.3 is 0 Å². The molecule has 3 heteroatoms. The number of hydrogen-bond donors (Lipinski definition) is 0. The second-order valence-electron chi connectivity index (χ2n) is 4.28. The predicted octanol–water partition coefficient (Wildman–Crippen LogP) is 3.35. The first-order valence-corrected chi connectivity index (χ1v) is 6.64. The van der Waals surface area contributed by atoms with Crippen LogP contribution in [-0.2, 0) is 0 Å². The van der Waals surface area contributed by atoms with Gasteiger partial charge in [-0.15, -0.1) is 0 Å². The molecule has 100 valence electrons. The maximum atomic E-state index is 11.2. The Bertz CT molecular complexity index is 369. The Labute approximate surface area is 110 Å². The fourth-order valence-electron chi connectivity index (χ4n) is 1.97. The SMILES string of the molecule is CCC(Oc1ccc(C(C)=O)cc1)N(CC)CC. The highest BCUT2D eigenvalue weighted by atomic mass is 16.5. The number of nitrogens with zero attached hydrogens (tertiary/aromatic N) is 1. The van der Waals surface area contributed by atoms with Gasteiger partial charge in [0.1, 0.15) is 5.75 Å². The fourth-order valence-corrected chi connectivity index (χ4v) is 1.97. The highest BCUT2D eigenvalue weighted by Crippen LogP contribution is 2.17. The normalized spacial score (nSPS) is 12.5. The van der Waals surface area contributed by atoms with Crippen LogP contribution in [0.3, 0.4) is 0 Å². The summed E-state index contributed by atoms with van der Waals surface area (Å²) in [5, 5.41) is 0. The molecule has 0 aliphatic heterocycles. The van der Waals surface area contributed by atoms with Gasteiger partial charge in [0.2, 0.25) is 0 Å². The topological polar surface area (TPSA) is 29.5 Å². The second-order valence-corrected chi connectivity index (χ2v) is 4.28. The molecule has 0 amide bonds. The summed E-state index contributed by atoms with van der Waals surface area (Å²) in [7, 11) is 0. The van der Waals surface area contributed by atoms with E-state index in [1.54, 1.807) is 6.92 Å². The lowest BCUT2D eigenvalue weighted by Crippen LogP contribution is -2.38. The molecule has 1 unspecified atom stereocenters. The molecule has 0 spiro atoms. The van der Waals surface area contributed by atoms with Crippen LogP contribution in [0.1, 0.15) is 44.5 Å². The maximum Gasteiger partial charge on any atom is 0.159 e. The summed E-state index contributed by atoms with van der Waals surface area (Å²) < 4.78 is 5.96. The van der Waals surface area contributed by atoms with Crippen LogP contribution in [0.2, 0.25) is 0 Å². The average molecular weight is 249 g/mol. The number of carbonyl (C=O) groups is 1. The van der Waals surface area contributed by atoms with E-state index in [-0.39, 0.29) is 12.0 Å². The Balaban J connectivity index is 2.72.